The van der Waals surface area contributed by atoms with E-state index in [9.17, 15) is 9.90 Å². The highest BCUT2D eigenvalue weighted by Gasteiger charge is 2.20. The topological polar surface area (TPSA) is 49.8 Å². The van der Waals surface area contributed by atoms with E-state index in [0.29, 0.717) is 11.4 Å². The fourth-order valence-electron chi connectivity index (χ4n) is 2.13. The Morgan fingerprint density at radius 3 is 2.80 bits per heavy atom. The van der Waals surface area contributed by atoms with Crippen molar-refractivity contribution in [2.75, 3.05) is 27.3 Å². The van der Waals surface area contributed by atoms with E-state index < -0.39 is 6.10 Å². The van der Waals surface area contributed by atoms with E-state index in [1.165, 1.54) is 7.11 Å². The molecule has 2 atom stereocenters. The van der Waals surface area contributed by atoms with Crippen molar-refractivity contribution in [2.45, 2.75) is 19.4 Å². The number of aliphatic hydroxyl groups excluding tert-OH is 1. The molecule has 0 heterocycles. The third kappa shape index (κ3) is 5.49. The number of hydrogen-bond acceptors (Lipinski definition) is 3. The largest absolute Gasteiger partial charge is 0.389 e. The first-order chi connectivity index (χ1) is 9.43. The molecule has 0 saturated heterocycles. The molecule has 0 aliphatic carbocycles. The van der Waals surface area contributed by atoms with Crippen LogP contribution in [-0.2, 0) is 16.0 Å². The maximum atomic E-state index is 12.2. The number of amides is 1. The number of methoxy groups -OCH3 is 1. The molecule has 20 heavy (non-hydrogen) atoms. The second-order valence-electron chi connectivity index (χ2n) is 5.06. The van der Waals surface area contributed by atoms with Crippen molar-refractivity contribution in [3.05, 3.63) is 34.9 Å². The normalized spacial score (nSPS) is 13.8. The molecule has 0 radical (unpaired) electrons. The van der Waals surface area contributed by atoms with Crippen LogP contribution in [0.25, 0.3) is 0 Å². The molecule has 1 N–H and O–H groups in total. The first kappa shape index (κ1) is 17.0. The zero-order valence-electron chi connectivity index (χ0n) is 12.2. The smallest absolute Gasteiger partial charge is 0.225 e. The van der Waals surface area contributed by atoms with Gasteiger partial charge in [0.2, 0.25) is 5.91 Å². The molecule has 0 bridgehead atoms. The molecule has 5 heteroatoms. The van der Waals surface area contributed by atoms with Gasteiger partial charge in [-0.05, 0) is 24.1 Å². The summed E-state index contributed by atoms with van der Waals surface area (Å²) in [5, 5.41) is 10.3. The van der Waals surface area contributed by atoms with Crippen LogP contribution >= 0.6 is 11.6 Å². The Morgan fingerprint density at radius 2 is 2.20 bits per heavy atom. The van der Waals surface area contributed by atoms with Gasteiger partial charge in [0.05, 0.1) is 12.7 Å². The van der Waals surface area contributed by atoms with Gasteiger partial charge in [-0.15, -0.1) is 0 Å². The second-order valence-corrected chi connectivity index (χ2v) is 5.50. The lowest BCUT2D eigenvalue weighted by molar-refractivity contribution is -0.135. The average molecular weight is 300 g/mol. The van der Waals surface area contributed by atoms with Crippen molar-refractivity contribution >= 4 is 17.5 Å². The van der Waals surface area contributed by atoms with E-state index in [0.717, 1.165) is 5.56 Å². The molecular weight excluding hydrogens is 278 g/mol. The van der Waals surface area contributed by atoms with Crippen LogP contribution in [0.4, 0.5) is 0 Å². The molecule has 2 unspecified atom stereocenters. The van der Waals surface area contributed by atoms with Crippen molar-refractivity contribution in [3.8, 4) is 0 Å². The van der Waals surface area contributed by atoms with Crippen molar-refractivity contribution < 1.29 is 14.6 Å². The van der Waals surface area contributed by atoms with E-state index in [2.05, 4.69) is 0 Å². The first-order valence-corrected chi connectivity index (χ1v) is 6.98. The summed E-state index contributed by atoms with van der Waals surface area (Å²) in [5.74, 6) is -0.159. The molecule has 0 aromatic heterocycles. The molecule has 1 aromatic carbocycles. The van der Waals surface area contributed by atoms with Crippen LogP contribution < -0.4 is 0 Å². The highest BCUT2D eigenvalue weighted by molar-refractivity contribution is 6.30. The summed E-state index contributed by atoms with van der Waals surface area (Å²) in [6.07, 6.45) is -0.0308. The molecule has 1 amide bonds. The van der Waals surface area contributed by atoms with Gasteiger partial charge in [-0.3, -0.25) is 4.79 Å². The number of ether oxygens (including phenoxy) is 1. The summed E-state index contributed by atoms with van der Waals surface area (Å²) < 4.78 is 4.85. The van der Waals surface area contributed by atoms with Crippen molar-refractivity contribution in [2.24, 2.45) is 5.92 Å². The van der Waals surface area contributed by atoms with Gasteiger partial charge in [0.15, 0.2) is 0 Å². The molecule has 0 aliphatic heterocycles. The SMILES string of the molecule is COCC(O)CN(C)C(=O)C(C)Cc1cccc(Cl)c1. The molecule has 1 aromatic rings. The number of benzene rings is 1. The number of nitrogens with zero attached hydrogens (tertiary/aromatic N) is 1. The van der Waals surface area contributed by atoms with Crippen LogP contribution in [-0.4, -0.2) is 49.3 Å². The zero-order valence-corrected chi connectivity index (χ0v) is 12.9. The second kappa shape index (κ2) is 8.25. The Balaban J connectivity index is 2.53. The number of rotatable bonds is 7. The number of carbonyl (C=O) groups is 1. The van der Waals surface area contributed by atoms with E-state index in [4.69, 9.17) is 16.3 Å². The highest BCUT2D eigenvalue weighted by atomic mass is 35.5. The van der Waals surface area contributed by atoms with E-state index in [1.807, 2.05) is 31.2 Å². The van der Waals surface area contributed by atoms with Crippen molar-refractivity contribution in [1.29, 1.82) is 0 Å². The van der Waals surface area contributed by atoms with Crippen LogP contribution in [0, 0.1) is 5.92 Å². The Labute approximate surface area is 125 Å². The van der Waals surface area contributed by atoms with Crippen molar-refractivity contribution in [3.63, 3.8) is 0 Å². The number of halogens is 1. The molecule has 4 nitrogen and oxygen atoms in total. The third-order valence-corrected chi connectivity index (χ3v) is 3.31. The summed E-state index contributed by atoms with van der Waals surface area (Å²) in [4.78, 5) is 13.8. The number of carbonyl (C=O) groups excluding carboxylic acids is 1. The molecule has 0 fully saturated rings. The summed E-state index contributed by atoms with van der Waals surface area (Å²) >= 11 is 5.93. The van der Waals surface area contributed by atoms with Crippen LogP contribution in [0.2, 0.25) is 5.02 Å². The Morgan fingerprint density at radius 1 is 1.50 bits per heavy atom. The molecule has 112 valence electrons. The van der Waals surface area contributed by atoms with Gasteiger partial charge >= 0.3 is 0 Å². The number of aliphatic hydroxyl groups is 1. The lowest BCUT2D eigenvalue weighted by Gasteiger charge is -2.23. The molecule has 0 saturated carbocycles. The Bertz CT molecular complexity index is 439. The van der Waals surface area contributed by atoms with Gasteiger partial charge in [0.25, 0.3) is 0 Å². The quantitative estimate of drug-likeness (QED) is 0.837. The van der Waals surface area contributed by atoms with Crippen molar-refractivity contribution in [1.82, 2.24) is 4.90 Å². The lowest BCUT2D eigenvalue weighted by atomic mass is 10.00. The third-order valence-electron chi connectivity index (χ3n) is 3.07. The predicted octanol–water partition coefficient (Wildman–Crippen LogP) is 1.98. The van der Waals surface area contributed by atoms with E-state index >= 15 is 0 Å². The van der Waals surface area contributed by atoms with Crippen LogP contribution in [0.1, 0.15) is 12.5 Å². The number of hydrogen-bond donors (Lipinski definition) is 1. The predicted molar refractivity (Wildman–Crippen MR) is 79.8 cm³/mol. The monoisotopic (exact) mass is 299 g/mol. The van der Waals surface area contributed by atoms with Gasteiger partial charge in [-0.1, -0.05) is 30.7 Å². The minimum Gasteiger partial charge on any atom is -0.389 e. The summed E-state index contributed by atoms with van der Waals surface area (Å²) in [6.45, 7) is 2.37. The minimum atomic E-state index is -0.660. The maximum Gasteiger partial charge on any atom is 0.225 e. The maximum absolute atomic E-state index is 12.2. The minimum absolute atomic E-state index is 0.000119. The molecule has 1 rings (SSSR count). The van der Waals surface area contributed by atoms with Crippen LogP contribution in [0.5, 0.6) is 0 Å². The number of likely N-dealkylation sites (N-methyl/N-ethyl adjacent to an activating group) is 1. The van der Waals surface area contributed by atoms with Gasteiger partial charge < -0.3 is 14.7 Å². The average Bonchev–Trinajstić information content (AvgIpc) is 2.37. The van der Waals surface area contributed by atoms with Gasteiger partial charge in [0, 0.05) is 31.6 Å². The summed E-state index contributed by atoms with van der Waals surface area (Å²) in [6, 6.07) is 7.51. The molecular formula is C15H22ClNO3. The van der Waals surface area contributed by atoms with Crippen LogP contribution in [0.3, 0.4) is 0 Å². The Hall–Kier alpha value is -1.10. The zero-order chi connectivity index (χ0) is 15.1. The molecule has 0 spiro atoms. The van der Waals surface area contributed by atoms with E-state index in [-0.39, 0.29) is 25.0 Å². The highest BCUT2D eigenvalue weighted by Crippen LogP contribution is 2.15. The lowest BCUT2D eigenvalue weighted by Crippen LogP contribution is -2.39. The van der Waals surface area contributed by atoms with E-state index in [1.54, 1.807) is 11.9 Å². The fraction of sp³-hybridized carbons (Fsp3) is 0.533. The Kier molecular flexibility index (Phi) is 6.99. The van der Waals surface area contributed by atoms with Gasteiger partial charge in [-0.2, -0.15) is 0 Å². The van der Waals surface area contributed by atoms with Gasteiger partial charge in [0.1, 0.15) is 0 Å². The fourth-order valence-corrected chi connectivity index (χ4v) is 2.35. The summed E-state index contributed by atoms with van der Waals surface area (Å²) in [7, 11) is 3.21. The standard InChI is InChI=1S/C15H22ClNO3/c1-11(7-12-5-4-6-13(16)8-12)15(19)17(2)9-14(18)10-20-3/h4-6,8,11,14,18H,7,9-10H2,1-3H3. The molecule has 0 aliphatic rings. The summed E-state index contributed by atoms with van der Waals surface area (Å²) in [5.41, 5.74) is 1.03. The van der Waals surface area contributed by atoms with Gasteiger partial charge in [-0.25, -0.2) is 0 Å². The first-order valence-electron chi connectivity index (χ1n) is 6.60. The van der Waals surface area contributed by atoms with Crippen LogP contribution in [0.15, 0.2) is 24.3 Å².